The predicted octanol–water partition coefficient (Wildman–Crippen LogP) is 1.81. The maximum Gasteiger partial charge on any atom is 0.151 e. The van der Waals surface area contributed by atoms with Crippen LogP contribution in [0.15, 0.2) is 42.5 Å². The molecule has 3 nitrogen and oxygen atoms in total. The maximum atomic E-state index is 11.4. The highest BCUT2D eigenvalue weighted by molar-refractivity contribution is 5.87. The van der Waals surface area contributed by atoms with Gasteiger partial charge in [-0.2, -0.15) is 0 Å². The quantitative estimate of drug-likeness (QED) is 0.776. The summed E-state index contributed by atoms with van der Waals surface area (Å²) in [6, 6.07) is 13.0. The van der Waals surface area contributed by atoms with E-state index in [1.54, 1.807) is 10.6 Å². The lowest BCUT2D eigenvalue weighted by molar-refractivity contribution is 0.471. The summed E-state index contributed by atoms with van der Waals surface area (Å²) in [6.45, 7) is 6.07. The van der Waals surface area contributed by atoms with Crippen molar-refractivity contribution in [2.45, 2.75) is 13.3 Å². The van der Waals surface area contributed by atoms with Gasteiger partial charge in [0.2, 0.25) is 0 Å². The summed E-state index contributed by atoms with van der Waals surface area (Å²) in [5.41, 5.74) is 1.59. The van der Waals surface area contributed by atoms with Crippen molar-refractivity contribution in [2.75, 3.05) is 0 Å². The van der Waals surface area contributed by atoms with Gasteiger partial charge in [-0.15, -0.1) is 0 Å². The summed E-state index contributed by atoms with van der Waals surface area (Å²) in [6.07, 6.45) is 0.839. The van der Waals surface area contributed by atoms with Crippen molar-refractivity contribution >= 4 is 23.3 Å². The SMILES string of the molecule is C=c1c2ccccc2c(=C=O)n1-c1ccc(CC)cc1O. The summed E-state index contributed by atoms with van der Waals surface area (Å²) >= 11 is 0. The van der Waals surface area contributed by atoms with Gasteiger partial charge < -0.3 is 5.11 Å². The van der Waals surface area contributed by atoms with Gasteiger partial charge in [0.05, 0.1) is 5.69 Å². The number of nitrogens with zero attached hydrogens (tertiary/aromatic N) is 1. The van der Waals surface area contributed by atoms with Crippen LogP contribution in [0.4, 0.5) is 0 Å². The molecule has 1 N–H and O–H groups in total. The Labute approximate surface area is 122 Å². The number of rotatable bonds is 2. The van der Waals surface area contributed by atoms with E-state index in [1.165, 1.54) is 0 Å². The van der Waals surface area contributed by atoms with Crippen LogP contribution in [0.3, 0.4) is 0 Å². The van der Waals surface area contributed by atoms with Crippen molar-refractivity contribution in [2.24, 2.45) is 0 Å². The number of phenols is 1. The molecule has 3 aromatic rings. The van der Waals surface area contributed by atoms with E-state index in [2.05, 4.69) is 6.58 Å². The van der Waals surface area contributed by atoms with Gasteiger partial charge in [-0.1, -0.05) is 43.8 Å². The van der Waals surface area contributed by atoms with Crippen LogP contribution in [0.1, 0.15) is 12.5 Å². The summed E-state index contributed by atoms with van der Waals surface area (Å²) in [5, 5.41) is 13.0. The normalized spacial score (nSPS) is 10.7. The molecular weight excluding hydrogens is 262 g/mol. The van der Waals surface area contributed by atoms with Crippen LogP contribution in [0.5, 0.6) is 5.75 Å². The molecule has 0 saturated carbocycles. The fourth-order valence-electron chi connectivity index (χ4n) is 2.66. The van der Waals surface area contributed by atoms with Crippen molar-refractivity contribution in [3.8, 4) is 11.4 Å². The van der Waals surface area contributed by atoms with Gasteiger partial charge in [-0.05, 0) is 24.1 Å². The first kappa shape index (κ1) is 13.2. The number of hydrogen-bond donors (Lipinski definition) is 1. The standard InChI is InChI=1S/C18H15NO2/c1-3-13-8-9-16(18(21)10-13)19-12(2)14-6-4-5-7-15(14)17(19)11-20/h4-10,21H,2-3H2,1H3. The third-order valence-corrected chi connectivity index (χ3v) is 3.77. The molecule has 0 amide bonds. The molecule has 0 radical (unpaired) electrons. The van der Waals surface area contributed by atoms with Crippen LogP contribution in [-0.4, -0.2) is 15.6 Å². The topological polar surface area (TPSA) is 42.2 Å². The number of aromatic hydroxyl groups is 1. The van der Waals surface area contributed by atoms with Crippen LogP contribution in [0.25, 0.3) is 23.0 Å². The van der Waals surface area contributed by atoms with Crippen molar-refractivity contribution < 1.29 is 9.90 Å². The van der Waals surface area contributed by atoms with Crippen LogP contribution in [0.2, 0.25) is 0 Å². The average molecular weight is 277 g/mol. The van der Waals surface area contributed by atoms with Gasteiger partial charge in [0.15, 0.2) is 5.94 Å². The molecule has 0 unspecified atom stereocenters. The minimum atomic E-state index is 0.135. The second kappa shape index (κ2) is 4.97. The minimum Gasteiger partial charge on any atom is -0.506 e. The number of benzene rings is 2. The first-order valence-corrected chi connectivity index (χ1v) is 6.83. The molecule has 3 rings (SSSR count). The number of phenolic OH excluding ortho intramolecular Hbond substituents is 1. The second-order valence-electron chi connectivity index (χ2n) is 4.95. The van der Waals surface area contributed by atoms with E-state index in [4.69, 9.17) is 0 Å². The van der Waals surface area contributed by atoms with Crippen LogP contribution >= 0.6 is 0 Å². The van der Waals surface area contributed by atoms with E-state index in [9.17, 15) is 9.90 Å². The van der Waals surface area contributed by atoms with E-state index >= 15 is 0 Å². The Morgan fingerprint density at radius 2 is 1.90 bits per heavy atom. The van der Waals surface area contributed by atoms with Gasteiger partial charge in [-0.25, -0.2) is 4.79 Å². The number of aromatic nitrogens is 1. The molecule has 0 spiro atoms. The molecule has 0 saturated heterocycles. The molecule has 104 valence electrons. The Kier molecular flexibility index (Phi) is 3.13. The third kappa shape index (κ3) is 1.95. The smallest absolute Gasteiger partial charge is 0.151 e. The summed E-state index contributed by atoms with van der Waals surface area (Å²) < 4.78 is 1.66. The Bertz CT molecular complexity index is 963. The average Bonchev–Trinajstić information content (AvgIpc) is 2.80. The Hall–Kier alpha value is -2.77. The lowest BCUT2D eigenvalue weighted by Gasteiger charge is -2.08. The summed E-state index contributed by atoms with van der Waals surface area (Å²) in [7, 11) is 0. The molecule has 0 fully saturated rings. The molecule has 3 heteroatoms. The molecule has 0 aliphatic rings. The molecule has 0 bridgehead atoms. The van der Waals surface area contributed by atoms with E-state index in [1.807, 2.05) is 49.3 Å². The Morgan fingerprint density at radius 1 is 1.19 bits per heavy atom. The minimum absolute atomic E-state index is 0.135. The Balaban J connectivity index is 2.44. The largest absolute Gasteiger partial charge is 0.506 e. The predicted molar refractivity (Wildman–Crippen MR) is 83.9 cm³/mol. The number of aryl methyl sites for hydroxylation is 1. The zero-order valence-corrected chi connectivity index (χ0v) is 11.8. The van der Waals surface area contributed by atoms with Gasteiger partial charge >= 0.3 is 0 Å². The first-order chi connectivity index (χ1) is 10.2. The van der Waals surface area contributed by atoms with Crippen molar-refractivity contribution in [3.63, 3.8) is 0 Å². The lowest BCUT2D eigenvalue weighted by Crippen LogP contribution is -2.25. The molecular formula is C18H15NO2. The molecule has 0 aliphatic carbocycles. The first-order valence-electron chi connectivity index (χ1n) is 6.83. The van der Waals surface area contributed by atoms with E-state index < -0.39 is 0 Å². The number of carbonyl (C=O) groups excluding carboxylic acids is 1. The second-order valence-corrected chi connectivity index (χ2v) is 4.95. The number of hydrogen-bond acceptors (Lipinski definition) is 2. The zero-order valence-electron chi connectivity index (χ0n) is 11.8. The van der Waals surface area contributed by atoms with E-state index in [0.717, 1.165) is 22.8 Å². The Morgan fingerprint density at radius 3 is 2.52 bits per heavy atom. The molecule has 1 heterocycles. The monoisotopic (exact) mass is 277 g/mol. The van der Waals surface area contributed by atoms with Crippen LogP contribution in [-0.2, 0) is 11.2 Å². The summed E-state index contributed by atoms with van der Waals surface area (Å²) in [4.78, 5) is 11.4. The maximum absolute atomic E-state index is 11.4. The highest BCUT2D eigenvalue weighted by Gasteiger charge is 2.11. The lowest BCUT2D eigenvalue weighted by atomic mass is 10.1. The van der Waals surface area contributed by atoms with Gasteiger partial charge in [-0.3, -0.25) is 4.57 Å². The summed E-state index contributed by atoms with van der Waals surface area (Å²) in [5.74, 6) is 2.11. The third-order valence-electron chi connectivity index (χ3n) is 3.77. The van der Waals surface area contributed by atoms with Crippen molar-refractivity contribution in [1.82, 2.24) is 4.57 Å². The molecule has 0 atom stereocenters. The fourth-order valence-corrected chi connectivity index (χ4v) is 2.66. The van der Waals surface area contributed by atoms with Gasteiger partial charge in [0, 0.05) is 16.1 Å². The highest BCUT2D eigenvalue weighted by atomic mass is 16.3. The van der Waals surface area contributed by atoms with E-state index in [-0.39, 0.29) is 5.75 Å². The zero-order chi connectivity index (χ0) is 15.0. The van der Waals surface area contributed by atoms with Gasteiger partial charge in [0.25, 0.3) is 0 Å². The highest BCUT2D eigenvalue weighted by Crippen LogP contribution is 2.22. The number of fused-ring (bicyclic) bond motifs is 1. The van der Waals surface area contributed by atoms with Crippen molar-refractivity contribution in [1.29, 1.82) is 0 Å². The van der Waals surface area contributed by atoms with E-state index in [0.29, 0.717) is 16.4 Å². The van der Waals surface area contributed by atoms with Gasteiger partial charge in [0.1, 0.15) is 11.1 Å². The molecule has 2 aromatic carbocycles. The fraction of sp³-hybridized carbons (Fsp3) is 0.111. The molecule has 21 heavy (non-hydrogen) atoms. The van der Waals surface area contributed by atoms with Crippen molar-refractivity contribution in [3.05, 3.63) is 58.7 Å². The molecule has 1 aromatic heterocycles. The van der Waals surface area contributed by atoms with Crippen LogP contribution < -0.4 is 10.7 Å². The molecule has 0 aliphatic heterocycles. The van der Waals surface area contributed by atoms with Crippen LogP contribution in [0, 0.1) is 0 Å².